The van der Waals surface area contributed by atoms with Crippen LogP contribution < -0.4 is 11.1 Å². The molecule has 4 N–H and O–H groups in total. The highest BCUT2D eigenvalue weighted by molar-refractivity contribution is 5.76. The molecule has 1 heterocycles. The molecule has 0 bridgehead atoms. The van der Waals surface area contributed by atoms with Gasteiger partial charge in [-0.05, 0) is 37.6 Å². The van der Waals surface area contributed by atoms with Gasteiger partial charge < -0.3 is 20.9 Å². The number of carboxylic acid groups (broad SMARTS) is 1. The summed E-state index contributed by atoms with van der Waals surface area (Å²) < 4.78 is 5.38. The molecule has 2 aliphatic rings. The van der Waals surface area contributed by atoms with E-state index >= 15 is 0 Å². The van der Waals surface area contributed by atoms with Crippen LogP contribution in [0.1, 0.15) is 51.4 Å². The summed E-state index contributed by atoms with van der Waals surface area (Å²) in [5, 5.41) is 11.7. The van der Waals surface area contributed by atoms with Gasteiger partial charge in [0.25, 0.3) is 0 Å². The molecule has 1 amide bonds. The zero-order valence-electron chi connectivity index (χ0n) is 12.5. The molecule has 0 radical (unpaired) electrons. The Kier molecular flexibility index (Phi) is 5.58. The molecule has 0 aromatic rings. The Hall–Kier alpha value is -1.14. The van der Waals surface area contributed by atoms with Gasteiger partial charge in [0.15, 0.2) is 6.10 Å². The number of hydrogen-bond acceptors (Lipinski definition) is 4. The Morgan fingerprint density at radius 2 is 1.95 bits per heavy atom. The summed E-state index contributed by atoms with van der Waals surface area (Å²) >= 11 is 0. The predicted octanol–water partition coefficient (Wildman–Crippen LogP) is 1.03. The van der Waals surface area contributed by atoms with Crippen molar-refractivity contribution in [3.63, 3.8) is 0 Å². The first-order valence-electron chi connectivity index (χ1n) is 7.90. The van der Waals surface area contributed by atoms with Crippen molar-refractivity contribution in [2.75, 3.05) is 13.1 Å². The van der Waals surface area contributed by atoms with Crippen molar-refractivity contribution in [2.45, 2.75) is 63.6 Å². The molecule has 1 aliphatic carbocycles. The highest BCUT2D eigenvalue weighted by Crippen LogP contribution is 2.38. The zero-order valence-corrected chi connectivity index (χ0v) is 12.5. The summed E-state index contributed by atoms with van der Waals surface area (Å²) in [5.74, 6) is -0.919. The lowest BCUT2D eigenvalue weighted by Gasteiger charge is -2.35. The summed E-state index contributed by atoms with van der Waals surface area (Å²) in [7, 11) is 0. The van der Waals surface area contributed by atoms with E-state index in [0.29, 0.717) is 32.4 Å². The normalized spacial score (nSPS) is 28.2. The van der Waals surface area contributed by atoms with Crippen LogP contribution in [-0.4, -0.2) is 42.3 Å². The molecule has 2 fully saturated rings. The van der Waals surface area contributed by atoms with Crippen molar-refractivity contribution < 1.29 is 19.4 Å². The van der Waals surface area contributed by atoms with Crippen LogP contribution in [-0.2, 0) is 14.3 Å². The van der Waals surface area contributed by atoms with Crippen molar-refractivity contribution in [1.29, 1.82) is 0 Å². The fraction of sp³-hybridized carbons (Fsp3) is 0.867. The lowest BCUT2D eigenvalue weighted by molar-refractivity contribution is -0.149. The number of ether oxygens (including phenoxy) is 1. The van der Waals surface area contributed by atoms with E-state index in [1.807, 2.05) is 0 Å². The molecule has 1 aliphatic heterocycles. The molecule has 2 atom stereocenters. The highest BCUT2D eigenvalue weighted by Gasteiger charge is 2.34. The first kappa shape index (κ1) is 16.2. The number of aliphatic carboxylic acids is 1. The van der Waals surface area contributed by atoms with Crippen LogP contribution in [0.15, 0.2) is 0 Å². The second kappa shape index (κ2) is 7.22. The van der Waals surface area contributed by atoms with Crippen LogP contribution in [0.4, 0.5) is 0 Å². The molecule has 1 saturated carbocycles. The third-order valence-electron chi connectivity index (χ3n) is 4.79. The number of carbonyl (C=O) groups excluding carboxylic acids is 1. The Balaban J connectivity index is 1.73. The fourth-order valence-corrected chi connectivity index (χ4v) is 3.42. The fourth-order valence-electron chi connectivity index (χ4n) is 3.42. The van der Waals surface area contributed by atoms with Crippen LogP contribution in [0.5, 0.6) is 0 Å². The lowest BCUT2D eigenvalue weighted by atomic mass is 9.71. The summed E-state index contributed by atoms with van der Waals surface area (Å²) in [6.45, 7) is 0.949. The number of rotatable bonds is 6. The Morgan fingerprint density at radius 3 is 2.52 bits per heavy atom. The van der Waals surface area contributed by atoms with E-state index in [-0.39, 0.29) is 17.4 Å². The molecule has 1 saturated heterocycles. The molecule has 0 aromatic heterocycles. The second-order valence-electron chi connectivity index (χ2n) is 6.41. The molecule has 0 aromatic carbocycles. The first-order chi connectivity index (χ1) is 10.0. The van der Waals surface area contributed by atoms with Gasteiger partial charge in [0.05, 0.1) is 6.10 Å². The van der Waals surface area contributed by atoms with Crippen LogP contribution in [0.25, 0.3) is 0 Å². The predicted molar refractivity (Wildman–Crippen MR) is 77.7 cm³/mol. The van der Waals surface area contributed by atoms with E-state index in [1.165, 1.54) is 6.42 Å². The number of hydrogen-bond donors (Lipinski definition) is 3. The van der Waals surface area contributed by atoms with E-state index in [0.717, 1.165) is 25.7 Å². The third kappa shape index (κ3) is 4.41. The topological polar surface area (TPSA) is 102 Å². The van der Waals surface area contributed by atoms with Gasteiger partial charge in [0.2, 0.25) is 5.91 Å². The van der Waals surface area contributed by atoms with Crippen molar-refractivity contribution in [3.8, 4) is 0 Å². The van der Waals surface area contributed by atoms with Gasteiger partial charge in [0.1, 0.15) is 0 Å². The summed E-state index contributed by atoms with van der Waals surface area (Å²) in [4.78, 5) is 22.9. The minimum Gasteiger partial charge on any atom is -0.479 e. The molecule has 2 unspecified atom stereocenters. The molecule has 21 heavy (non-hydrogen) atoms. The molecule has 120 valence electrons. The SMILES string of the molecule is NCC1(CC(=O)NCC2CCC(C(=O)O)O2)CCCCC1. The maximum Gasteiger partial charge on any atom is 0.332 e. The van der Waals surface area contributed by atoms with Crippen molar-refractivity contribution in [2.24, 2.45) is 11.1 Å². The van der Waals surface area contributed by atoms with E-state index in [9.17, 15) is 9.59 Å². The molecule has 6 nitrogen and oxygen atoms in total. The zero-order chi connectivity index (χ0) is 15.3. The maximum atomic E-state index is 12.1. The summed E-state index contributed by atoms with van der Waals surface area (Å²) in [5.41, 5.74) is 5.85. The Morgan fingerprint density at radius 1 is 1.24 bits per heavy atom. The van der Waals surface area contributed by atoms with E-state index in [1.54, 1.807) is 0 Å². The van der Waals surface area contributed by atoms with Crippen LogP contribution >= 0.6 is 0 Å². The van der Waals surface area contributed by atoms with E-state index in [4.69, 9.17) is 15.6 Å². The standard InChI is InChI=1S/C15H26N2O4/c16-10-15(6-2-1-3-7-15)8-13(18)17-9-11-4-5-12(21-11)14(19)20/h11-12H,1-10,16H2,(H,17,18)(H,19,20). The average molecular weight is 298 g/mol. The molecule has 6 heteroatoms. The van der Waals surface area contributed by atoms with E-state index in [2.05, 4.69) is 5.32 Å². The Bertz CT molecular complexity index is 380. The summed E-state index contributed by atoms with van der Waals surface area (Å²) in [6.07, 6.45) is 6.34. The van der Waals surface area contributed by atoms with Crippen LogP contribution in [0.3, 0.4) is 0 Å². The van der Waals surface area contributed by atoms with Gasteiger partial charge in [-0.15, -0.1) is 0 Å². The van der Waals surface area contributed by atoms with Crippen LogP contribution in [0.2, 0.25) is 0 Å². The lowest BCUT2D eigenvalue weighted by Crippen LogP contribution is -2.40. The van der Waals surface area contributed by atoms with Gasteiger partial charge in [-0.3, -0.25) is 4.79 Å². The van der Waals surface area contributed by atoms with Gasteiger partial charge in [0, 0.05) is 13.0 Å². The maximum absolute atomic E-state index is 12.1. The first-order valence-corrected chi connectivity index (χ1v) is 7.90. The largest absolute Gasteiger partial charge is 0.479 e. The van der Waals surface area contributed by atoms with Gasteiger partial charge >= 0.3 is 5.97 Å². The second-order valence-corrected chi connectivity index (χ2v) is 6.41. The number of nitrogens with one attached hydrogen (secondary N) is 1. The van der Waals surface area contributed by atoms with Gasteiger partial charge in [-0.25, -0.2) is 4.79 Å². The monoisotopic (exact) mass is 298 g/mol. The highest BCUT2D eigenvalue weighted by atomic mass is 16.5. The number of amides is 1. The molecular formula is C15H26N2O4. The quantitative estimate of drug-likeness (QED) is 0.680. The van der Waals surface area contributed by atoms with Crippen LogP contribution in [0, 0.1) is 5.41 Å². The molecule has 2 rings (SSSR count). The number of carbonyl (C=O) groups is 2. The smallest absolute Gasteiger partial charge is 0.332 e. The summed E-state index contributed by atoms with van der Waals surface area (Å²) in [6, 6.07) is 0. The van der Waals surface area contributed by atoms with Crippen molar-refractivity contribution in [1.82, 2.24) is 5.32 Å². The Labute approximate surface area is 125 Å². The van der Waals surface area contributed by atoms with Crippen molar-refractivity contribution in [3.05, 3.63) is 0 Å². The minimum absolute atomic E-state index is 0.00438. The van der Waals surface area contributed by atoms with E-state index < -0.39 is 12.1 Å². The van der Waals surface area contributed by atoms with Gasteiger partial charge in [-0.2, -0.15) is 0 Å². The molecule has 0 spiro atoms. The van der Waals surface area contributed by atoms with Gasteiger partial charge in [-0.1, -0.05) is 19.3 Å². The number of nitrogens with two attached hydrogens (primary N) is 1. The third-order valence-corrected chi connectivity index (χ3v) is 4.79. The van der Waals surface area contributed by atoms with Crippen molar-refractivity contribution >= 4 is 11.9 Å². The average Bonchev–Trinajstić information content (AvgIpc) is 2.95. The molecular weight excluding hydrogens is 272 g/mol. The number of carboxylic acids is 1. The minimum atomic E-state index is -0.923.